The molecule has 1 unspecified atom stereocenters. The molecule has 22 heavy (non-hydrogen) atoms. The fourth-order valence-electron chi connectivity index (χ4n) is 2.08. The fraction of sp³-hybridized carbons (Fsp3) is 0.267. The summed E-state index contributed by atoms with van der Waals surface area (Å²) < 4.78 is 1.61. The van der Waals surface area contributed by atoms with Gasteiger partial charge in [-0.25, -0.2) is 0 Å². The molecule has 3 aromatic rings. The molecule has 2 N–H and O–H groups in total. The molecule has 3 rings (SSSR count). The van der Waals surface area contributed by atoms with Gasteiger partial charge in [0.05, 0.1) is 12.2 Å². The molecular weight excluding hydrogens is 298 g/mol. The van der Waals surface area contributed by atoms with Crippen molar-refractivity contribution in [2.24, 2.45) is 0 Å². The summed E-state index contributed by atoms with van der Waals surface area (Å²) in [6.07, 6.45) is 0. The van der Waals surface area contributed by atoms with E-state index in [9.17, 15) is 5.11 Å². The molecule has 0 saturated carbocycles. The molecule has 0 saturated heterocycles. The summed E-state index contributed by atoms with van der Waals surface area (Å²) in [5.41, 5.74) is 1.93. The first-order valence-electron chi connectivity index (χ1n) is 6.90. The van der Waals surface area contributed by atoms with Gasteiger partial charge < -0.3 is 10.4 Å². The van der Waals surface area contributed by atoms with Gasteiger partial charge in [-0.2, -0.15) is 16.0 Å². The Morgan fingerprint density at radius 2 is 2.05 bits per heavy atom. The standard InChI is InChI=1S/C15H17N5OS/c1-11-3-5-13(6-4-11)20-14(17-18-19-20)16-10-15(2,21)12-7-8-22-9-12/h3-9,21H,10H2,1-2H3,(H,16,17,19). The van der Waals surface area contributed by atoms with Gasteiger partial charge in [-0.1, -0.05) is 22.8 Å². The quantitative estimate of drug-likeness (QED) is 0.756. The Kier molecular flexibility index (Phi) is 3.91. The van der Waals surface area contributed by atoms with Crippen molar-refractivity contribution in [2.45, 2.75) is 19.4 Å². The van der Waals surface area contributed by atoms with Gasteiger partial charge in [-0.05, 0) is 58.8 Å². The van der Waals surface area contributed by atoms with Crippen molar-refractivity contribution in [2.75, 3.05) is 11.9 Å². The second-order valence-corrected chi connectivity index (χ2v) is 6.17. The number of benzene rings is 1. The molecule has 0 spiro atoms. The Morgan fingerprint density at radius 1 is 1.27 bits per heavy atom. The number of aromatic nitrogens is 4. The predicted molar refractivity (Wildman–Crippen MR) is 86.3 cm³/mol. The van der Waals surface area contributed by atoms with E-state index in [1.807, 2.05) is 48.0 Å². The maximum Gasteiger partial charge on any atom is 0.247 e. The minimum absolute atomic E-state index is 0.315. The Labute approximate surface area is 132 Å². The van der Waals surface area contributed by atoms with Crippen LogP contribution in [-0.2, 0) is 5.60 Å². The van der Waals surface area contributed by atoms with Crippen LogP contribution in [-0.4, -0.2) is 31.9 Å². The number of hydrogen-bond acceptors (Lipinski definition) is 6. The van der Waals surface area contributed by atoms with Crippen LogP contribution in [0.2, 0.25) is 0 Å². The first kappa shape index (κ1) is 14.7. The Morgan fingerprint density at radius 3 is 2.73 bits per heavy atom. The molecule has 2 aromatic heterocycles. The van der Waals surface area contributed by atoms with Crippen molar-refractivity contribution in [1.82, 2.24) is 20.2 Å². The van der Waals surface area contributed by atoms with Crippen LogP contribution in [0.15, 0.2) is 41.1 Å². The molecule has 0 fully saturated rings. The molecule has 0 aliphatic carbocycles. The molecule has 0 aliphatic heterocycles. The molecular formula is C15H17N5OS. The highest BCUT2D eigenvalue weighted by Gasteiger charge is 2.24. The largest absolute Gasteiger partial charge is 0.384 e. The van der Waals surface area contributed by atoms with Crippen molar-refractivity contribution in [1.29, 1.82) is 0 Å². The summed E-state index contributed by atoms with van der Waals surface area (Å²) in [6, 6.07) is 9.82. The molecule has 1 atom stereocenters. The topological polar surface area (TPSA) is 75.9 Å². The third kappa shape index (κ3) is 3.00. The highest BCUT2D eigenvalue weighted by atomic mass is 32.1. The zero-order chi connectivity index (χ0) is 15.6. The number of aryl methyl sites for hydroxylation is 1. The third-order valence-corrected chi connectivity index (χ3v) is 4.17. The second kappa shape index (κ2) is 5.86. The van der Waals surface area contributed by atoms with Gasteiger partial charge in [0.15, 0.2) is 0 Å². The molecule has 0 radical (unpaired) electrons. The van der Waals surface area contributed by atoms with Crippen LogP contribution in [0, 0.1) is 6.92 Å². The van der Waals surface area contributed by atoms with Gasteiger partial charge in [-0.15, -0.1) is 0 Å². The molecule has 1 aromatic carbocycles. The Bertz CT molecular complexity index is 734. The third-order valence-electron chi connectivity index (χ3n) is 3.48. The van der Waals surface area contributed by atoms with Gasteiger partial charge in [0, 0.05) is 0 Å². The number of anilines is 1. The van der Waals surface area contributed by atoms with Crippen LogP contribution in [0.4, 0.5) is 5.95 Å². The van der Waals surface area contributed by atoms with Crippen molar-refractivity contribution < 1.29 is 5.11 Å². The van der Waals surface area contributed by atoms with E-state index in [0.29, 0.717) is 12.5 Å². The van der Waals surface area contributed by atoms with E-state index in [1.54, 1.807) is 22.9 Å². The lowest BCUT2D eigenvalue weighted by atomic mass is 9.99. The molecule has 0 aliphatic rings. The lowest BCUT2D eigenvalue weighted by Crippen LogP contribution is -2.31. The zero-order valence-corrected chi connectivity index (χ0v) is 13.2. The summed E-state index contributed by atoms with van der Waals surface area (Å²) in [7, 11) is 0. The first-order valence-corrected chi connectivity index (χ1v) is 7.85. The number of thiophene rings is 1. The van der Waals surface area contributed by atoms with Gasteiger partial charge in [0.25, 0.3) is 0 Å². The predicted octanol–water partition coefficient (Wildman–Crippen LogP) is 2.35. The Balaban J connectivity index is 1.77. The van der Waals surface area contributed by atoms with Gasteiger partial charge in [0.2, 0.25) is 5.95 Å². The van der Waals surface area contributed by atoms with Gasteiger partial charge in [0.1, 0.15) is 5.60 Å². The minimum Gasteiger partial charge on any atom is -0.384 e. The normalized spacial score (nSPS) is 13.8. The van der Waals surface area contributed by atoms with Crippen molar-refractivity contribution >= 4 is 17.3 Å². The van der Waals surface area contributed by atoms with Crippen molar-refractivity contribution in [3.05, 3.63) is 52.2 Å². The molecule has 114 valence electrons. The van der Waals surface area contributed by atoms with Crippen molar-refractivity contribution in [3.8, 4) is 5.69 Å². The number of aliphatic hydroxyl groups is 1. The van der Waals surface area contributed by atoms with Crippen LogP contribution in [0.3, 0.4) is 0 Å². The summed E-state index contributed by atoms with van der Waals surface area (Å²) in [6.45, 7) is 4.11. The van der Waals surface area contributed by atoms with Crippen LogP contribution >= 0.6 is 11.3 Å². The van der Waals surface area contributed by atoms with Gasteiger partial charge >= 0.3 is 0 Å². The van der Waals surface area contributed by atoms with E-state index in [1.165, 1.54) is 5.56 Å². The summed E-state index contributed by atoms with van der Waals surface area (Å²) in [5, 5.41) is 29.2. The number of tetrazole rings is 1. The zero-order valence-electron chi connectivity index (χ0n) is 12.4. The lowest BCUT2D eigenvalue weighted by Gasteiger charge is -2.22. The molecule has 6 nitrogen and oxygen atoms in total. The van der Waals surface area contributed by atoms with E-state index < -0.39 is 5.60 Å². The van der Waals surface area contributed by atoms with E-state index in [4.69, 9.17) is 0 Å². The van der Waals surface area contributed by atoms with Crippen LogP contribution in [0.1, 0.15) is 18.1 Å². The van der Waals surface area contributed by atoms with Crippen molar-refractivity contribution in [3.63, 3.8) is 0 Å². The average Bonchev–Trinajstić information content (AvgIpc) is 3.18. The number of rotatable bonds is 5. The van der Waals surface area contributed by atoms with E-state index in [0.717, 1.165) is 11.3 Å². The molecule has 7 heteroatoms. The first-order chi connectivity index (χ1) is 10.6. The highest BCUT2D eigenvalue weighted by molar-refractivity contribution is 7.08. The maximum absolute atomic E-state index is 10.5. The fourth-order valence-corrected chi connectivity index (χ4v) is 2.86. The number of nitrogens with zero attached hydrogens (tertiary/aromatic N) is 4. The minimum atomic E-state index is -0.982. The van der Waals surface area contributed by atoms with Gasteiger partial charge in [-0.3, -0.25) is 0 Å². The smallest absolute Gasteiger partial charge is 0.247 e. The molecule has 2 heterocycles. The van der Waals surface area contributed by atoms with Crippen LogP contribution in [0.25, 0.3) is 5.69 Å². The van der Waals surface area contributed by atoms with E-state index in [2.05, 4.69) is 20.8 Å². The lowest BCUT2D eigenvalue weighted by molar-refractivity contribution is 0.0717. The summed E-state index contributed by atoms with van der Waals surface area (Å²) in [4.78, 5) is 0. The number of hydrogen-bond donors (Lipinski definition) is 2. The SMILES string of the molecule is Cc1ccc(-n2nnnc2NCC(C)(O)c2ccsc2)cc1. The highest BCUT2D eigenvalue weighted by Crippen LogP contribution is 2.23. The van der Waals surface area contributed by atoms with Crippen LogP contribution < -0.4 is 5.32 Å². The summed E-state index contributed by atoms with van der Waals surface area (Å²) in [5.74, 6) is 0.499. The average molecular weight is 315 g/mol. The number of nitrogens with one attached hydrogen (secondary N) is 1. The Hall–Kier alpha value is -2.25. The maximum atomic E-state index is 10.5. The molecule has 0 amide bonds. The van der Waals surface area contributed by atoms with E-state index in [-0.39, 0.29) is 0 Å². The summed E-state index contributed by atoms with van der Waals surface area (Å²) >= 11 is 1.56. The molecule has 0 bridgehead atoms. The van der Waals surface area contributed by atoms with E-state index >= 15 is 0 Å². The monoisotopic (exact) mass is 315 g/mol. The van der Waals surface area contributed by atoms with Crippen LogP contribution in [0.5, 0.6) is 0 Å². The second-order valence-electron chi connectivity index (χ2n) is 5.39.